The fourth-order valence-corrected chi connectivity index (χ4v) is 5.93. The predicted molar refractivity (Wildman–Crippen MR) is 152 cm³/mol. The van der Waals surface area contributed by atoms with E-state index in [1.54, 1.807) is 7.11 Å². The molecule has 1 aliphatic carbocycles. The number of methoxy groups -OCH3 is 2. The Morgan fingerprint density at radius 1 is 0.974 bits per heavy atom. The molecule has 2 aromatic rings. The van der Waals surface area contributed by atoms with Crippen LogP contribution >= 0.6 is 0 Å². The Hall–Kier alpha value is -2.77. The highest BCUT2D eigenvalue weighted by Crippen LogP contribution is 2.50. The minimum Gasteiger partial charge on any atom is -0.497 e. The Morgan fingerprint density at radius 2 is 1.55 bits per heavy atom. The van der Waals surface area contributed by atoms with Crippen LogP contribution in [-0.2, 0) is 24.4 Å². The minimum atomic E-state index is -1.26. The molecular formula is C31H42BNO5. The number of esters is 1. The molecule has 204 valence electrons. The van der Waals surface area contributed by atoms with Crippen molar-refractivity contribution >= 4 is 18.8 Å². The van der Waals surface area contributed by atoms with E-state index in [-0.39, 0.29) is 17.8 Å². The van der Waals surface area contributed by atoms with Gasteiger partial charge in [0.25, 0.3) is 0 Å². The van der Waals surface area contributed by atoms with Crippen LogP contribution < -0.4 is 10.1 Å². The average molecular weight is 519 g/mol. The van der Waals surface area contributed by atoms with Crippen molar-refractivity contribution in [1.82, 2.24) is 0 Å². The van der Waals surface area contributed by atoms with Gasteiger partial charge in [0.2, 0.25) is 0 Å². The van der Waals surface area contributed by atoms with E-state index in [1.165, 1.54) is 13.5 Å². The minimum absolute atomic E-state index is 0.181. The molecule has 1 heterocycles. The van der Waals surface area contributed by atoms with E-state index in [2.05, 4.69) is 11.9 Å². The molecule has 1 saturated heterocycles. The van der Waals surface area contributed by atoms with Gasteiger partial charge in [-0.15, -0.1) is 6.58 Å². The summed E-state index contributed by atoms with van der Waals surface area (Å²) in [5, 5.41) is 3.65. The Labute approximate surface area is 228 Å². The van der Waals surface area contributed by atoms with Crippen molar-refractivity contribution in [3.63, 3.8) is 0 Å². The van der Waals surface area contributed by atoms with Gasteiger partial charge < -0.3 is 24.1 Å². The van der Waals surface area contributed by atoms with Crippen molar-refractivity contribution in [1.29, 1.82) is 0 Å². The van der Waals surface area contributed by atoms with Crippen LogP contribution in [0.25, 0.3) is 0 Å². The zero-order valence-corrected chi connectivity index (χ0v) is 23.7. The van der Waals surface area contributed by atoms with Crippen LogP contribution in [0.15, 0.2) is 66.6 Å². The first-order chi connectivity index (χ1) is 18.1. The van der Waals surface area contributed by atoms with Crippen molar-refractivity contribution in [3.05, 3.63) is 72.2 Å². The van der Waals surface area contributed by atoms with Gasteiger partial charge in [-0.3, -0.25) is 0 Å². The molecule has 1 N–H and O–H groups in total. The van der Waals surface area contributed by atoms with E-state index in [0.717, 1.165) is 48.2 Å². The molecule has 38 heavy (non-hydrogen) atoms. The number of ether oxygens (including phenoxy) is 2. The topological polar surface area (TPSA) is 66.0 Å². The molecule has 1 saturated carbocycles. The zero-order chi connectivity index (χ0) is 27.6. The van der Waals surface area contributed by atoms with Crippen LogP contribution in [0.5, 0.6) is 5.75 Å². The summed E-state index contributed by atoms with van der Waals surface area (Å²) in [6.45, 7) is 12.8. The van der Waals surface area contributed by atoms with Crippen LogP contribution in [0.3, 0.4) is 0 Å². The molecule has 2 aliphatic rings. The van der Waals surface area contributed by atoms with E-state index < -0.39 is 23.9 Å². The van der Waals surface area contributed by atoms with Gasteiger partial charge in [-0.1, -0.05) is 49.6 Å². The van der Waals surface area contributed by atoms with E-state index in [9.17, 15) is 4.79 Å². The van der Waals surface area contributed by atoms with Gasteiger partial charge in [-0.05, 0) is 81.8 Å². The lowest BCUT2D eigenvalue weighted by Gasteiger charge is -2.46. The fourth-order valence-electron chi connectivity index (χ4n) is 5.93. The number of rotatable bonds is 9. The van der Waals surface area contributed by atoms with Gasteiger partial charge in [0, 0.05) is 11.6 Å². The van der Waals surface area contributed by atoms with Crippen LogP contribution in [0, 0.1) is 11.8 Å². The molecule has 6 nitrogen and oxygen atoms in total. The first-order valence-electron chi connectivity index (χ1n) is 13.7. The molecule has 2 fully saturated rings. The van der Waals surface area contributed by atoms with Crippen LogP contribution in [-0.4, -0.2) is 38.5 Å². The maximum atomic E-state index is 14.2. The number of benzene rings is 2. The Kier molecular flexibility index (Phi) is 8.29. The van der Waals surface area contributed by atoms with Crippen molar-refractivity contribution in [2.24, 2.45) is 11.8 Å². The molecular weight excluding hydrogens is 477 g/mol. The van der Waals surface area contributed by atoms with Crippen molar-refractivity contribution in [2.75, 3.05) is 19.5 Å². The SMILES string of the molecule is C=C(B1OC(C)(C)C(C)(C)O1)[C@H](C1CCCCC1)[C@@](Nc1ccc(OC)cc1)(C(=O)OC)c1ccccc1. The summed E-state index contributed by atoms with van der Waals surface area (Å²) >= 11 is 0. The highest BCUT2D eigenvalue weighted by Gasteiger charge is 2.59. The molecule has 0 unspecified atom stereocenters. The van der Waals surface area contributed by atoms with Gasteiger partial charge in [0.15, 0.2) is 5.54 Å². The summed E-state index contributed by atoms with van der Waals surface area (Å²) < 4.78 is 24.0. The molecule has 7 heteroatoms. The van der Waals surface area contributed by atoms with Gasteiger partial charge in [0.1, 0.15) is 5.75 Å². The summed E-state index contributed by atoms with van der Waals surface area (Å²) in [5.41, 5.74) is 0.0426. The van der Waals surface area contributed by atoms with Crippen molar-refractivity contribution < 1.29 is 23.6 Å². The Morgan fingerprint density at radius 3 is 2.08 bits per heavy atom. The maximum absolute atomic E-state index is 14.2. The van der Waals surface area contributed by atoms with Crippen molar-refractivity contribution in [2.45, 2.75) is 76.5 Å². The molecule has 0 amide bonds. The van der Waals surface area contributed by atoms with Gasteiger partial charge in [-0.2, -0.15) is 0 Å². The summed E-state index contributed by atoms with van der Waals surface area (Å²) in [7, 11) is 2.43. The lowest BCUT2D eigenvalue weighted by molar-refractivity contribution is -0.149. The molecule has 0 aromatic heterocycles. The van der Waals surface area contributed by atoms with Gasteiger partial charge in [-0.25, -0.2) is 4.79 Å². The highest BCUT2D eigenvalue weighted by molar-refractivity contribution is 6.54. The van der Waals surface area contributed by atoms with E-state index in [1.807, 2.05) is 82.3 Å². The lowest BCUT2D eigenvalue weighted by atomic mass is 9.56. The third-order valence-corrected chi connectivity index (χ3v) is 8.71. The second kappa shape index (κ2) is 11.2. The molecule has 0 bridgehead atoms. The standard InChI is InChI=1S/C31H42BNO5/c1-22(32-37-29(2,3)30(4,5)38-32)27(23-14-10-8-11-15-23)31(28(34)36-7,24-16-12-9-13-17-24)33-25-18-20-26(35-6)21-19-25/h9,12-13,16-21,23,27,33H,1,8,10-11,14-15H2,2-7H3/t27-,31-/m1/s1. The zero-order valence-electron chi connectivity index (χ0n) is 23.7. The molecule has 0 radical (unpaired) electrons. The maximum Gasteiger partial charge on any atom is 0.490 e. The summed E-state index contributed by atoms with van der Waals surface area (Å²) in [6, 6.07) is 17.5. The summed E-state index contributed by atoms with van der Waals surface area (Å²) in [4.78, 5) is 14.2. The van der Waals surface area contributed by atoms with Crippen molar-refractivity contribution in [3.8, 4) is 5.75 Å². The largest absolute Gasteiger partial charge is 0.497 e. The van der Waals surface area contributed by atoms with Crippen LogP contribution in [0.1, 0.15) is 65.4 Å². The number of anilines is 1. The number of carbonyl (C=O) groups is 1. The first-order valence-corrected chi connectivity index (χ1v) is 13.7. The third-order valence-electron chi connectivity index (χ3n) is 8.71. The molecule has 1 aliphatic heterocycles. The van der Waals surface area contributed by atoms with E-state index >= 15 is 0 Å². The number of nitrogens with one attached hydrogen (secondary N) is 1. The normalized spacial score (nSPS) is 21.3. The molecule has 2 aromatic carbocycles. The summed E-state index contributed by atoms with van der Waals surface area (Å²) in [6.07, 6.45) is 5.37. The highest BCUT2D eigenvalue weighted by atomic mass is 16.7. The number of carbonyl (C=O) groups excluding carboxylic acids is 1. The lowest BCUT2D eigenvalue weighted by Crippen LogP contribution is -2.55. The average Bonchev–Trinajstić information content (AvgIpc) is 3.15. The fraction of sp³-hybridized carbons (Fsp3) is 0.516. The monoisotopic (exact) mass is 519 g/mol. The summed E-state index contributed by atoms with van der Waals surface area (Å²) in [5.74, 6) is 0.201. The molecule has 2 atom stereocenters. The van der Waals surface area contributed by atoms with Gasteiger partial charge >= 0.3 is 13.1 Å². The third kappa shape index (κ3) is 5.23. The molecule has 4 rings (SSSR count). The quantitative estimate of drug-likeness (QED) is 0.299. The van der Waals surface area contributed by atoms with Crippen LogP contribution in [0.2, 0.25) is 0 Å². The smallest absolute Gasteiger partial charge is 0.490 e. The van der Waals surface area contributed by atoms with Crippen LogP contribution in [0.4, 0.5) is 5.69 Å². The number of hydrogen-bond donors (Lipinski definition) is 1. The second-order valence-electron chi connectivity index (χ2n) is 11.6. The Bertz CT molecular complexity index is 1090. The van der Waals surface area contributed by atoms with E-state index in [4.69, 9.17) is 18.8 Å². The second-order valence-corrected chi connectivity index (χ2v) is 11.6. The number of hydrogen-bond acceptors (Lipinski definition) is 6. The Balaban J connectivity index is 1.90. The van der Waals surface area contributed by atoms with Gasteiger partial charge in [0.05, 0.1) is 25.4 Å². The van der Waals surface area contributed by atoms with E-state index in [0.29, 0.717) is 0 Å². The molecule has 0 spiro atoms. The first kappa shape index (κ1) is 28.2. The predicted octanol–water partition coefficient (Wildman–Crippen LogP) is 6.56.